The SMILES string of the molecule is CN.O=S(=O)(O)OCCCO. The van der Waals surface area contributed by atoms with Crippen LogP contribution in [0.3, 0.4) is 0 Å². The van der Waals surface area contributed by atoms with Crippen molar-refractivity contribution in [1.29, 1.82) is 0 Å². The molecule has 0 aliphatic heterocycles. The standard InChI is InChI=1S/C3H8O5S.CH5N/c4-2-1-3-8-9(5,6)7;1-2/h4H,1-3H2,(H,5,6,7);2H2,1H3. The van der Waals surface area contributed by atoms with E-state index in [9.17, 15) is 8.42 Å². The van der Waals surface area contributed by atoms with Crippen molar-refractivity contribution in [2.45, 2.75) is 6.42 Å². The lowest BCUT2D eigenvalue weighted by Gasteiger charge is -1.94. The van der Waals surface area contributed by atoms with Gasteiger partial charge in [0.15, 0.2) is 0 Å². The molecule has 11 heavy (non-hydrogen) atoms. The van der Waals surface area contributed by atoms with Crippen molar-refractivity contribution in [3.05, 3.63) is 0 Å². The molecule has 7 heteroatoms. The zero-order chi connectivity index (χ0) is 9.33. The van der Waals surface area contributed by atoms with Crippen molar-refractivity contribution < 1.29 is 22.3 Å². The second kappa shape index (κ2) is 7.89. The first-order valence-corrected chi connectivity index (χ1v) is 4.23. The molecule has 0 atom stereocenters. The molecule has 0 unspecified atom stereocenters. The molecule has 0 aromatic heterocycles. The quantitative estimate of drug-likeness (QED) is 0.375. The third-order valence-corrected chi connectivity index (χ3v) is 0.999. The summed E-state index contributed by atoms with van der Waals surface area (Å²) in [5.74, 6) is 0. The van der Waals surface area contributed by atoms with Crippen molar-refractivity contribution in [1.82, 2.24) is 0 Å². The van der Waals surface area contributed by atoms with E-state index < -0.39 is 10.4 Å². The van der Waals surface area contributed by atoms with Gasteiger partial charge in [-0.05, 0) is 13.5 Å². The molecule has 0 saturated heterocycles. The predicted octanol–water partition coefficient (Wildman–Crippen LogP) is -1.24. The Bertz CT molecular complexity index is 154. The largest absolute Gasteiger partial charge is 0.397 e. The molecule has 0 aliphatic carbocycles. The van der Waals surface area contributed by atoms with E-state index in [4.69, 9.17) is 9.66 Å². The Labute approximate surface area is 65.9 Å². The summed E-state index contributed by atoms with van der Waals surface area (Å²) in [6.45, 7) is -0.342. The van der Waals surface area contributed by atoms with Gasteiger partial charge in [-0.3, -0.25) is 4.55 Å². The lowest BCUT2D eigenvalue weighted by molar-refractivity contribution is 0.219. The summed E-state index contributed by atoms with van der Waals surface area (Å²) in [4.78, 5) is 0. The molecule has 70 valence electrons. The van der Waals surface area contributed by atoms with E-state index in [1.807, 2.05) is 0 Å². The van der Waals surface area contributed by atoms with Gasteiger partial charge in [0.1, 0.15) is 0 Å². The normalized spacial score (nSPS) is 10.2. The average Bonchev–Trinajstić information content (AvgIpc) is 1.90. The summed E-state index contributed by atoms with van der Waals surface area (Å²) >= 11 is 0. The van der Waals surface area contributed by atoms with Crippen LogP contribution in [0.25, 0.3) is 0 Å². The van der Waals surface area contributed by atoms with Crippen LogP contribution in [-0.4, -0.2) is 38.3 Å². The lowest BCUT2D eigenvalue weighted by Crippen LogP contribution is -2.05. The fourth-order valence-corrected chi connectivity index (χ4v) is 0.557. The molecule has 0 spiro atoms. The van der Waals surface area contributed by atoms with Gasteiger partial charge in [-0.25, -0.2) is 4.18 Å². The maximum absolute atomic E-state index is 9.76. The van der Waals surface area contributed by atoms with Gasteiger partial charge >= 0.3 is 10.4 Å². The Balaban J connectivity index is 0. The molecule has 0 aromatic rings. The Morgan fingerprint density at radius 3 is 2.18 bits per heavy atom. The minimum atomic E-state index is -4.31. The first-order chi connectivity index (χ1) is 5.06. The van der Waals surface area contributed by atoms with Crippen LogP contribution in [0.1, 0.15) is 6.42 Å². The monoisotopic (exact) mass is 187 g/mol. The molecule has 0 aromatic carbocycles. The van der Waals surface area contributed by atoms with Gasteiger partial charge in [0.25, 0.3) is 0 Å². The van der Waals surface area contributed by atoms with Crippen molar-refractivity contribution in [2.24, 2.45) is 5.73 Å². The zero-order valence-electron chi connectivity index (χ0n) is 6.23. The molecule has 4 N–H and O–H groups in total. The molecule has 0 amide bonds. The minimum absolute atomic E-state index is 0.157. The summed E-state index contributed by atoms with van der Waals surface area (Å²) in [5.41, 5.74) is 4.50. The van der Waals surface area contributed by atoms with E-state index in [1.165, 1.54) is 7.05 Å². The van der Waals surface area contributed by atoms with Crippen molar-refractivity contribution >= 4 is 10.4 Å². The maximum Gasteiger partial charge on any atom is 0.397 e. The molecule has 0 fully saturated rings. The van der Waals surface area contributed by atoms with Crippen molar-refractivity contribution in [3.63, 3.8) is 0 Å². The average molecular weight is 187 g/mol. The van der Waals surface area contributed by atoms with Crippen LogP contribution in [-0.2, 0) is 14.6 Å². The number of aliphatic hydroxyl groups is 1. The lowest BCUT2D eigenvalue weighted by atomic mass is 10.5. The van der Waals surface area contributed by atoms with E-state index in [2.05, 4.69) is 9.92 Å². The minimum Gasteiger partial charge on any atom is -0.396 e. The zero-order valence-corrected chi connectivity index (χ0v) is 7.04. The van der Waals surface area contributed by atoms with Crippen LogP contribution < -0.4 is 5.73 Å². The highest BCUT2D eigenvalue weighted by Gasteiger charge is 2.01. The van der Waals surface area contributed by atoms with Gasteiger partial charge < -0.3 is 10.8 Å². The van der Waals surface area contributed by atoms with E-state index >= 15 is 0 Å². The maximum atomic E-state index is 9.76. The van der Waals surface area contributed by atoms with Gasteiger partial charge in [-0.2, -0.15) is 8.42 Å². The van der Waals surface area contributed by atoms with Gasteiger partial charge in [-0.15, -0.1) is 0 Å². The third kappa shape index (κ3) is 17.7. The van der Waals surface area contributed by atoms with Crippen LogP contribution in [0.2, 0.25) is 0 Å². The highest BCUT2D eigenvalue weighted by atomic mass is 32.3. The van der Waals surface area contributed by atoms with Crippen LogP contribution in [0.15, 0.2) is 0 Å². The van der Waals surface area contributed by atoms with Gasteiger partial charge in [-0.1, -0.05) is 0 Å². The van der Waals surface area contributed by atoms with Gasteiger partial charge in [0.05, 0.1) is 6.61 Å². The topological polar surface area (TPSA) is 110 Å². The smallest absolute Gasteiger partial charge is 0.396 e. The van der Waals surface area contributed by atoms with Crippen LogP contribution in [0.4, 0.5) is 0 Å². The predicted molar refractivity (Wildman–Crippen MR) is 39.3 cm³/mol. The Morgan fingerprint density at radius 2 is 1.91 bits per heavy atom. The molecule has 0 aliphatic rings. The summed E-state index contributed by atoms with van der Waals surface area (Å²) < 4.78 is 31.3. The van der Waals surface area contributed by atoms with Crippen LogP contribution >= 0.6 is 0 Å². The van der Waals surface area contributed by atoms with E-state index in [-0.39, 0.29) is 19.6 Å². The van der Waals surface area contributed by atoms with Gasteiger partial charge in [0.2, 0.25) is 0 Å². The van der Waals surface area contributed by atoms with Gasteiger partial charge in [0, 0.05) is 6.61 Å². The fourth-order valence-electron chi connectivity index (χ4n) is 0.229. The summed E-state index contributed by atoms with van der Waals surface area (Å²) in [5, 5.41) is 8.11. The third-order valence-electron chi connectivity index (χ3n) is 0.535. The Hall–Kier alpha value is -0.210. The molecular weight excluding hydrogens is 174 g/mol. The molecule has 0 saturated carbocycles. The first-order valence-electron chi connectivity index (χ1n) is 2.86. The number of hydrogen-bond donors (Lipinski definition) is 3. The summed E-state index contributed by atoms with van der Waals surface area (Å²) in [6, 6.07) is 0. The van der Waals surface area contributed by atoms with Crippen molar-refractivity contribution in [3.8, 4) is 0 Å². The number of aliphatic hydroxyl groups excluding tert-OH is 1. The molecule has 6 nitrogen and oxygen atoms in total. The summed E-state index contributed by atoms with van der Waals surface area (Å²) in [6.07, 6.45) is 0.194. The van der Waals surface area contributed by atoms with Crippen LogP contribution in [0.5, 0.6) is 0 Å². The second-order valence-corrected chi connectivity index (χ2v) is 2.42. The number of rotatable bonds is 4. The van der Waals surface area contributed by atoms with E-state index in [1.54, 1.807) is 0 Å². The highest BCUT2D eigenvalue weighted by molar-refractivity contribution is 7.80. The molecule has 0 rings (SSSR count). The molecule has 0 heterocycles. The number of hydrogen-bond acceptors (Lipinski definition) is 5. The fraction of sp³-hybridized carbons (Fsp3) is 1.00. The highest BCUT2D eigenvalue weighted by Crippen LogP contribution is 1.87. The Kier molecular flexibility index (Phi) is 9.60. The van der Waals surface area contributed by atoms with Crippen molar-refractivity contribution in [2.75, 3.05) is 20.3 Å². The van der Waals surface area contributed by atoms with E-state index in [0.29, 0.717) is 0 Å². The Morgan fingerprint density at radius 1 is 1.45 bits per heavy atom. The van der Waals surface area contributed by atoms with E-state index in [0.717, 1.165) is 0 Å². The summed E-state index contributed by atoms with van der Waals surface area (Å²) in [7, 11) is -2.81. The van der Waals surface area contributed by atoms with Crippen LogP contribution in [0, 0.1) is 0 Å². The number of nitrogens with two attached hydrogens (primary N) is 1. The first kappa shape index (κ1) is 13.4. The molecule has 0 bridgehead atoms. The second-order valence-electron chi connectivity index (χ2n) is 1.33. The molecular formula is C4H13NO5S. The molecule has 0 radical (unpaired) electrons.